The zero-order valence-electron chi connectivity index (χ0n) is 10.9. The predicted molar refractivity (Wildman–Crippen MR) is 72.9 cm³/mol. The van der Waals surface area contributed by atoms with Crippen LogP contribution in [0.4, 0.5) is 0 Å². The highest BCUT2D eigenvalue weighted by molar-refractivity contribution is 5.86. The van der Waals surface area contributed by atoms with Crippen molar-refractivity contribution in [3.8, 4) is 5.75 Å². The topological polar surface area (TPSA) is 29.5 Å². The number of hydrogen-bond acceptors (Lipinski definition) is 2. The van der Waals surface area contributed by atoms with E-state index in [1.54, 1.807) is 26.1 Å². The molecule has 0 heterocycles. The Morgan fingerprint density at radius 1 is 1.11 bits per heavy atom. The van der Waals surface area contributed by atoms with E-state index in [1.165, 1.54) is 0 Å². The number of hydrogen-bond donors (Lipinski definition) is 0. The lowest BCUT2D eigenvalue weighted by Gasteiger charge is -2.10. The third kappa shape index (κ3) is 2.62. The number of carbonyl (C=O) groups is 1. The molecule has 0 saturated heterocycles. The summed E-state index contributed by atoms with van der Waals surface area (Å²) in [7, 11) is 5.20. The number of carbonyl (C=O) groups excluding carboxylic acids is 1. The molecule has 2 aromatic carbocycles. The molecular weight excluding hydrogens is 226 g/mol. The molecule has 0 bridgehead atoms. The van der Waals surface area contributed by atoms with Crippen LogP contribution >= 0.6 is 0 Å². The molecule has 3 nitrogen and oxygen atoms in total. The minimum atomic E-state index is 0.114. The Bertz CT molecular complexity index is 576. The Morgan fingerprint density at radius 2 is 1.78 bits per heavy atom. The molecule has 2 aromatic rings. The van der Waals surface area contributed by atoms with E-state index in [9.17, 15) is 4.79 Å². The van der Waals surface area contributed by atoms with E-state index in [4.69, 9.17) is 4.74 Å². The predicted octanol–water partition coefficient (Wildman–Crippen LogP) is 2.48. The van der Waals surface area contributed by atoms with Crippen LogP contribution < -0.4 is 4.74 Å². The second kappa shape index (κ2) is 5.08. The van der Waals surface area contributed by atoms with Crippen LogP contribution in [-0.4, -0.2) is 32.0 Å². The van der Waals surface area contributed by atoms with Crippen LogP contribution in [0.2, 0.25) is 0 Å². The van der Waals surface area contributed by atoms with Crippen molar-refractivity contribution in [3.05, 3.63) is 42.0 Å². The van der Waals surface area contributed by atoms with Crippen molar-refractivity contribution in [1.82, 2.24) is 4.90 Å². The molecule has 0 aromatic heterocycles. The highest BCUT2D eigenvalue weighted by Gasteiger charge is 2.06. The summed E-state index contributed by atoms with van der Waals surface area (Å²) in [5.41, 5.74) is 1.03. The highest BCUT2D eigenvalue weighted by Crippen LogP contribution is 2.22. The molecule has 2 rings (SSSR count). The standard InChI is InChI=1S/C15H17NO2/c1-16(2)15(17)9-11-4-5-13-10-14(18-3)7-6-12(13)8-11/h4-8,10H,9H2,1-3H3. The average Bonchev–Trinajstić information content (AvgIpc) is 2.37. The molecule has 94 valence electrons. The Labute approximate surface area is 107 Å². The number of fused-ring (bicyclic) bond motifs is 1. The molecule has 0 fully saturated rings. The van der Waals surface area contributed by atoms with Crippen LogP contribution in [0.5, 0.6) is 5.75 Å². The van der Waals surface area contributed by atoms with Gasteiger partial charge in [0.05, 0.1) is 13.5 Å². The Balaban J connectivity index is 2.30. The third-order valence-corrected chi connectivity index (χ3v) is 2.97. The van der Waals surface area contributed by atoms with Gasteiger partial charge in [-0.25, -0.2) is 0 Å². The summed E-state index contributed by atoms with van der Waals surface area (Å²) < 4.78 is 5.19. The van der Waals surface area contributed by atoms with Gasteiger partial charge in [-0.05, 0) is 28.5 Å². The van der Waals surface area contributed by atoms with Crippen molar-refractivity contribution in [2.75, 3.05) is 21.2 Å². The van der Waals surface area contributed by atoms with Gasteiger partial charge >= 0.3 is 0 Å². The van der Waals surface area contributed by atoms with Crippen LogP contribution in [0.3, 0.4) is 0 Å². The smallest absolute Gasteiger partial charge is 0.226 e. The van der Waals surface area contributed by atoms with Crippen LogP contribution in [0.25, 0.3) is 10.8 Å². The van der Waals surface area contributed by atoms with Gasteiger partial charge in [0.2, 0.25) is 5.91 Å². The lowest BCUT2D eigenvalue weighted by Crippen LogP contribution is -2.23. The number of rotatable bonds is 3. The van der Waals surface area contributed by atoms with Gasteiger partial charge in [-0.3, -0.25) is 4.79 Å². The van der Waals surface area contributed by atoms with Crippen molar-refractivity contribution in [2.45, 2.75) is 6.42 Å². The van der Waals surface area contributed by atoms with Gasteiger partial charge in [0.25, 0.3) is 0 Å². The summed E-state index contributed by atoms with van der Waals surface area (Å²) in [4.78, 5) is 13.3. The molecule has 0 aliphatic rings. The van der Waals surface area contributed by atoms with Gasteiger partial charge in [0.15, 0.2) is 0 Å². The maximum atomic E-state index is 11.7. The largest absolute Gasteiger partial charge is 0.497 e. The van der Waals surface area contributed by atoms with Gasteiger partial charge in [0.1, 0.15) is 5.75 Å². The number of amides is 1. The van der Waals surface area contributed by atoms with Gasteiger partial charge in [0, 0.05) is 14.1 Å². The Kier molecular flexibility index (Phi) is 3.51. The maximum absolute atomic E-state index is 11.7. The zero-order valence-corrected chi connectivity index (χ0v) is 10.9. The third-order valence-electron chi connectivity index (χ3n) is 2.97. The molecule has 0 aliphatic carbocycles. The molecule has 0 aliphatic heterocycles. The first-order valence-electron chi connectivity index (χ1n) is 5.87. The minimum Gasteiger partial charge on any atom is -0.497 e. The van der Waals surface area contributed by atoms with Gasteiger partial charge in [-0.1, -0.05) is 24.3 Å². The SMILES string of the molecule is COc1ccc2cc(CC(=O)N(C)C)ccc2c1. The molecule has 0 saturated carbocycles. The zero-order chi connectivity index (χ0) is 13.1. The Hall–Kier alpha value is -2.03. The van der Waals surface area contributed by atoms with E-state index in [1.807, 2.05) is 30.3 Å². The minimum absolute atomic E-state index is 0.114. The first-order chi connectivity index (χ1) is 8.60. The van der Waals surface area contributed by atoms with Gasteiger partial charge in [-0.15, -0.1) is 0 Å². The summed E-state index contributed by atoms with van der Waals surface area (Å²) in [6, 6.07) is 12.0. The quantitative estimate of drug-likeness (QED) is 0.829. The summed E-state index contributed by atoms with van der Waals surface area (Å²) in [5.74, 6) is 0.961. The van der Waals surface area contributed by atoms with E-state index in [0.29, 0.717) is 6.42 Å². The van der Waals surface area contributed by atoms with Crippen LogP contribution in [0.15, 0.2) is 36.4 Å². The van der Waals surface area contributed by atoms with Crippen molar-refractivity contribution in [3.63, 3.8) is 0 Å². The van der Waals surface area contributed by atoms with E-state index in [0.717, 1.165) is 22.1 Å². The van der Waals surface area contributed by atoms with Crippen LogP contribution in [-0.2, 0) is 11.2 Å². The summed E-state index contributed by atoms with van der Waals surface area (Å²) >= 11 is 0. The number of ether oxygens (including phenoxy) is 1. The normalized spacial score (nSPS) is 10.4. The second-order valence-electron chi connectivity index (χ2n) is 4.51. The average molecular weight is 243 g/mol. The van der Waals surface area contributed by atoms with Crippen molar-refractivity contribution < 1.29 is 9.53 Å². The van der Waals surface area contributed by atoms with Crippen LogP contribution in [0, 0.1) is 0 Å². The highest BCUT2D eigenvalue weighted by atomic mass is 16.5. The molecule has 0 atom stereocenters. The molecular formula is C15H17NO2. The number of benzene rings is 2. The molecule has 18 heavy (non-hydrogen) atoms. The molecule has 0 radical (unpaired) electrons. The van der Waals surface area contributed by atoms with Crippen LogP contribution in [0.1, 0.15) is 5.56 Å². The van der Waals surface area contributed by atoms with Gasteiger partial charge < -0.3 is 9.64 Å². The van der Waals surface area contributed by atoms with E-state index in [-0.39, 0.29) is 5.91 Å². The first kappa shape index (κ1) is 12.4. The lowest BCUT2D eigenvalue weighted by atomic mass is 10.0. The van der Waals surface area contributed by atoms with Gasteiger partial charge in [-0.2, -0.15) is 0 Å². The van der Waals surface area contributed by atoms with E-state index >= 15 is 0 Å². The first-order valence-corrected chi connectivity index (χ1v) is 5.87. The molecule has 0 spiro atoms. The summed E-state index contributed by atoms with van der Waals surface area (Å²) in [6.45, 7) is 0. The van der Waals surface area contributed by atoms with Crippen molar-refractivity contribution in [1.29, 1.82) is 0 Å². The van der Waals surface area contributed by atoms with Crippen molar-refractivity contribution in [2.24, 2.45) is 0 Å². The lowest BCUT2D eigenvalue weighted by molar-refractivity contribution is -0.127. The van der Waals surface area contributed by atoms with Crippen molar-refractivity contribution >= 4 is 16.7 Å². The Morgan fingerprint density at radius 3 is 2.44 bits per heavy atom. The number of nitrogens with zero attached hydrogens (tertiary/aromatic N) is 1. The number of likely N-dealkylation sites (N-methyl/N-ethyl adjacent to an activating group) is 1. The monoisotopic (exact) mass is 243 g/mol. The fraction of sp³-hybridized carbons (Fsp3) is 0.267. The molecule has 3 heteroatoms. The maximum Gasteiger partial charge on any atom is 0.226 e. The number of methoxy groups -OCH3 is 1. The van der Waals surface area contributed by atoms with E-state index < -0.39 is 0 Å². The summed E-state index contributed by atoms with van der Waals surface area (Å²) in [6.07, 6.45) is 0.439. The van der Waals surface area contributed by atoms with E-state index in [2.05, 4.69) is 6.07 Å². The second-order valence-corrected chi connectivity index (χ2v) is 4.51. The molecule has 0 unspecified atom stereocenters. The molecule has 0 N–H and O–H groups in total. The fourth-order valence-corrected chi connectivity index (χ4v) is 1.84. The molecule has 1 amide bonds. The summed E-state index contributed by atoms with van der Waals surface area (Å²) in [5, 5.41) is 2.25. The fourth-order valence-electron chi connectivity index (χ4n) is 1.84.